The van der Waals surface area contributed by atoms with Crippen LogP contribution in [0, 0.1) is 0 Å². The molecular formula is C25H19BrN4O4. The lowest BCUT2D eigenvalue weighted by Crippen LogP contribution is -2.35. The fraction of sp³-hybridized carbons (Fsp3) is 0.120. The molecular weight excluding hydrogens is 500 g/mol. The molecule has 0 spiro atoms. The molecule has 5 rings (SSSR count). The van der Waals surface area contributed by atoms with Crippen LogP contribution in [0.15, 0.2) is 83.5 Å². The van der Waals surface area contributed by atoms with Gasteiger partial charge in [0.15, 0.2) is 6.04 Å². The Labute approximate surface area is 203 Å². The fourth-order valence-electron chi connectivity index (χ4n) is 4.18. The molecule has 1 amide bonds. The summed E-state index contributed by atoms with van der Waals surface area (Å²) >= 11 is 3.43. The molecule has 34 heavy (non-hydrogen) atoms. The van der Waals surface area contributed by atoms with Gasteiger partial charge in [-0.15, -0.1) is 5.10 Å². The van der Waals surface area contributed by atoms with Gasteiger partial charge in [0.25, 0.3) is 0 Å². The van der Waals surface area contributed by atoms with E-state index in [1.807, 2.05) is 66.7 Å². The van der Waals surface area contributed by atoms with E-state index in [1.165, 1.54) is 10.9 Å². The Bertz CT molecular complexity index is 1340. The maximum Gasteiger partial charge on any atom is 0.408 e. The number of hydrogen-bond donors (Lipinski definition) is 2. The van der Waals surface area contributed by atoms with Gasteiger partial charge < -0.3 is 15.2 Å². The van der Waals surface area contributed by atoms with Gasteiger partial charge in [0.05, 0.1) is 11.9 Å². The van der Waals surface area contributed by atoms with Crippen molar-refractivity contribution in [3.05, 3.63) is 100 Å². The number of rotatable bonds is 6. The van der Waals surface area contributed by atoms with E-state index in [2.05, 4.69) is 31.6 Å². The summed E-state index contributed by atoms with van der Waals surface area (Å²) in [6, 6.07) is 21.9. The molecule has 2 N–H and O–H groups in total. The monoisotopic (exact) mass is 518 g/mol. The van der Waals surface area contributed by atoms with Crippen LogP contribution in [-0.2, 0) is 9.53 Å². The average Bonchev–Trinajstić information content (AvgIpc) is 3.45. The van der Waals surface area contributed by atoms with Gasteiger partial charge in [-0.3, -0.25) is 0 Å². The SMILES string of the molecule is O=C(NC(C(=O)O)c1cn(-c2ccccc2Br)nn1)OCC1c2ccccc2-c2ccccc21. The summed E-state index contributed by atoms with van der Waals surface area (Å²) in [7, 11) is 0. The number of ether oxygens (including phenoxy) is 1. The molecule has 0 saturated carbocycles. The molecule has 1 aromatic heterocycles. The minimum absolute atomic E-state index is 0.0792. The Hall–Kier alpha value is -3.98. The summed E-state index contributed by atoms with van der Waals surface area (Å²) in [6.07, 6.45) is 0.618. The van der Waals surface area contributed by atoms with Crippen molar-refractivity contribution in [3.63, 3.8) is 0 Å². The van der Waals surface area contributed by atoms with Crippen LogP contribution in [0.5, 0.6) is 0 Å². The van der Waals surface area contributed by atoms with E-state index in [0.29, 0.717) is 5.69 Å². The highest BCUT2D eigenvalue weighted by Gasteiger charge is 2.30. The third kappa shape index (κ3) is 4.06. The Kier molecular flexibility index (Phi) is 5.85. The lowest BCUT2D eigenvalue weighted by atomic mass is 9.98. The molecule has 0 radical (unpaired) electrons. The molecule has 1 atom stereocenters. The number of carbonyl (C=O) groups excluding carboxylic acids is 1. The van der Waals surface area contributed by atoms with Gasteiger partial charge in [0, 0.05) is 10.4 Å². The molecule has 4 aromatic rings. The predicted molar refractivity (Wildman–Crippen MR) is 128 cm³/mol. The molecule has 3 aromatic carbocycles. The molecule has 8 nitrogen and oxygen atoms in total. The summed E-state index contributed by atoms with van der Waals surface area (Å²) in [5.41, 5.74) is 5.13. The van der Waals surface area contributed by atoms with Crippen LogP contribution in [0.2, 0.25) is 0 Å². The number of aliphatic carboxylic acids is 1. The van der Waals surface area contributed by atoms with Crippen LogP contribution in [0.3, 0.4) is 0 Å². The summed E-state index contributed by atoms with van der Waals surface area (Å²) in [5, 5.41) is 20.0. The van der Waals surface area contributed by atoms with Crippen molar-refractivity contribution in [1.29, 1.82) is 0 Å². The van der Waals surface area contributed by atoms with Crippen molar-refractivity contribution in [2.75, 3.05) is 6.61 Å². The quantitative estimate of drug-likeness (QED) is 0.383. The van der Waals surface area contributed by atoms with Crippen LogP contribution < -0.4 is 5.32 Å². The first-order valence-electron chi connectivity index (χ1n) is 10.5. The van der Waals surface area contributed by atoms with Crippen LogP contribution in [0.1, 0.15) is 28.8 Å². The van der Waals surface area contributed by atoms with Gasteiger partial charge in [-0.25, -0.2) is 14.3 Å². The molecule has 1 aliphatic carbocycles. The minimum Gasteiger partial charge on any atom is -0.479 e. The van der Waals surface area contributed by atoms with Gasteiger partial charge >= 0.3 is 12.1 Å². The maximum atomic E-state index is 12.6. The number of para-hydroxylation sites is 1. The smallest absolute Gasteiger partial charge is 0.408 e. The zero-order chi connectivity index (χ0) is 23.7. The average molecular weight is 519 g/mol. The highest BCUT2D eigenvalue weighted by Crippen LogP contribution is 2.44. The summed E-state index contributed by atoms with van der Waals surface area (Å²) in [4.78, 5) is 24.5. The third-order valence-electron chi connectivity index (χ3n) is 5.76. The third-order valence-corrected chi connectivity index (χ3v) is 6.43. The van der Waals surface area contributed by atoms with Crippen LogP contribution in [-0.4, -0.2) is 38.8 Å². The second kappa shape index (κ2) is 9.11. The molecule has 1 heterocycles. The van der Waals surface area contributed by atoms with E-state index in [0.717, 1.165) is 26.7 Å². The number of hydrogen-bond acceptors (Lipinski definition) is 5. The first kappa shape index (κ1) is 21.8. The molecule has 0 aliphatic heterocycles. The predicted octanol–water partition coefficient (Wildman–Crippen LogP) is 4.69. The second-order valence-electron chi connectivity index (χ2n) is 7.78. The van der Waals surface area contributed by atoms with Crippen molar-refractivity contribution in [1.82, 2.24) is 20.3 Å². The van der Waals surface area contributed by atoms with Crippen molar-refractivity contribution in [2.24, 2.45) is 0 Å². The van der Waals surface area contributed by atoms with Crippen LogP contribution in [0.4, 0.5) is 4.79 Å². The number of nitrogens with zero attached hydrogens (tertiary/aromatic N) is 3. The minimum atomic E-state index is -1.41. The van der Waals surface area contributed by atoms with Gasteiger partial charge in [0.1, 0.15) is 12.3 Å². The number of carboxylic acid groups (broad SMARTS) is 1. The number of nitrogens with one attached hydrogen (secondary N) is 1. The Morgan fingerprint density at radius 2 is 1.62 bits per heavy atom. The van der Waals surface area contributed by atoms with Gasteiger partial charge in [0.2, 0.25) is 0 Å². The summed E-state index contributed by atoms with van der Waals surface area (Å²) < 4.78 is 7.68. The van der Waals surface area contributed by atoms with Crippen molar-refractivity contribution in [3.8, 4) is 16.8 Å². The number of carbonyl (C=O) groups is 2. The molecule has 170 valence electrons. The molecule has 0 bridgehead atoms. The molecule has 0 fully saturated rings. The summed E-state index contributed by atoms with van der Waals surface area (Å²) in [5.74, 6) is -1.40. The summed E-state index contributed by atoms with van der Waals surface area (Å²) in [6.45, 7) is 0.0792. The van der Waals surface area contributed by atoms with E-state index in [9.17, 15) is 14.7 Å². The topological polar surface area (TPSA) is 106 Å². The van der Waals surface area contributed by atoms with E-state index < -0.39 is 18.1 Å². The first-order chi connectivity index (χ1) is 16.5. The number of carboxylic acids is 1. The van der Waals surface area contributed by atoms with Crippen molar-refractivity contribution < 1.29 is 19.4 Å². The number of benzene rings is 3. The highest BCUT2D eigenvalue weighted by molar-refractivity contribution is 9.10. The van der Waals surface area contributed by atoms with E-state index in [1.54, 1.807) is 6.07 Å². The first-order valence-corrected chi connectivity index (χ1v) is 11.3. The number of amides is 1. The lowest BCUT2D eigenvalue weighted by molar-refractivity contribution is -0.139. The molecule has 1 aliphatic rings. The zero-order valence-corrected chi connectivity index (χ0v) is 19.3. The largest absolute Gasteiger partial charge is 0.479 e. The lowest BCUT2D eigenvalue weighted by Gasteiger charge is -2.16. The zero-order valence-electron chi connectivity index (χ0n) is 17.8. The number of aromatic nitrogens is 3. The van der Waals surface area contributed by atoms with Crippen LogP contribution in [0.25, 0.3) is 16.8 Å². The number of fused-ring (bicyclic) bond motifs is 3. The highest BCUT2D eigenvalue weighted by atomic mass is 79.9. The number of halogens is 1. The van der Waals surface area contributed by atoms with E-state index >= 15 is 0 Å². The van der Waals surface area contributed by atoms with Gasteiger partial charge in [-0.05, 0) is 50.3 Å². The molecule has 1 unspecified atom stereocenters. The standard InChI is InChI=1S/C25H19BrN4O4/c26-20-11-5-6-12-22(20)30-13-21(28-29-30)23(24(31)32)27-25(33)34-14-19-17-9-3-1-7-15(17)16-8-2-4-10-18(16)19/h1-13,19,23H,14H2,(H,27,33)(H,31,32). The Balaban J connectivity index is 1.30. The fourth-order valence-corrected chi connectivity index (χ4v) is 4.65. The van der Waals surface area contributed by atoms with Gasteiger partial charge in [-0.2, -0.15) is 0 Å². The normalized spacial score (nSPS) is 13.1. The Morgan fingerprint density at radius 1 is 1.00 bits per heavy atom. The van der Waals surface area contributed by atoms with Gasteiger partial charge in [-0.1, -0.05) is 65.9 Å². The van der Waals surface area contributed by atoms with Crippen molar-refractivity contribution >= 4 is 28.0 Å². The number of alkyl carbamates (subject to hydrolysis) is 1. The molecule has 0 saturated heterocycles. The van der Waals surface area contributed by atoms with Crippen LogP contribution >= 0.6 is 15.9 Å². The van der Waals surface area contributed by atoms with E-state index in [4.69, 9.17) is 4.74 Å². The molecule has 9 heteroatoms. The van der Waals surface area contributed by atoms with Crippen molar-refractivity contribution in [2.45, 2.75) is 12.0 Å². The van der Waals surface area contributed by atoms with E-state index in [-0.39, 0.29) is 18.2 Å². The Morgan fingerprint density at radius 3 is 2.26 bits per heavy atom. The maximum absolute atomic E-state index is 12.6. The second-order valence-corrected chi connectivity index (χ2v) is 8.63.